The summed E-state index contributed by atoms with van der Waals surface area (Å²) in [4.78, 5) is 0. The van der Waals surface area contributed by atoms with E-state index >= 15 is 0 Å². The molecule has 210 valence electrons. The standard InChI is InChI=1S/C44H28S/c1-3-14-29(15-4-1)32-23-13-24-33(30-16-5-2-6-17-30)43(32)44-37-21-9-7-19-35(37)42(36-20-8-10-22-38(36)44)31-26-27-41-39(28-31)34-18-11-12-25-40(34)45-41/h1-28H. The molecule has 8 aromatic carbocycles. The van der Waals surface area contributed by atoms with E-state index in [1.807, 2.05) is 11.3 Å². The molecule has 0 saturated heterocycles. The van der Waals surface area contributed by atoms with E-state index in [9.17, 15) is 0 Å². The number of benzene rings is 8. The van der Waals surface area contributed by atoms with Gasteiger partial charge in [-0.05, 0) is 84.3 Å². The van der Waals surface area contributed by atoms with Crippen LogP contribution in [0.3, 0.4) is 0 Å². The summed E-state index contributed by atoms with van der Waals surface area (Å²) in [6.45, 7) is 0. The lowest BCUT2D eigenvalue weighted by molar-refractivity contribution is 1.58. The molecule has 0 saturated carbocycles. The third-order valence-electron chi connectivity index (χ3n) is 9.08. The topological polar surface area (TPSA) is 0 Å². The summed E-state index contributed by atoms with van der Waals surface area (Å²) in [6, 6.07) is 62.2. The zero-order chi connectivity index (χ0) is 29.7. The molecule has 0 unspecified atom stereocenters. The van der Waals surface area contributed by atoms with Gasteiger partial charge in [-0.3, -0.25) is 0 Å². The second-order valence-corrected chi connectivity index (χ2v) is 12.7. The van der Waals surface area contributed by atoms with Crippen LogP contribution < -0.4 is 0 Å². The van der Waals surface area contributed by atoms with Crippen molar-refractivity contribution in [2.24, 2.45) is 0 Å². The second-order valence-electron chi connectivity index (χ2n) is 11.6. The van der Waals surface area contributed by atoms with Gasteiger partial charge in [-0.2, -0.15) is 0 Å². The molecule has 0 radical (unpaired) electrons. The first-order valence-corrected chi connectivity index (χ1v) is 16.3. The van der Waals surface area contributed by atoms with Crippen LogP contribution in [0, 0.1) is 0 Å². The maximum Gasteiger partial charge on any atom is 0.0355 e. The first-order valence-electron chi connectivity index (χ1n) is 15.4. The van der Waals surface area contributed by atoms with E-state index in [0.717, 1.165) is 0 Å². The van der Waals surface area contributed by atoms with Crippen LogP contribution >= 0.6 is 11.3 Å². The van der Waals surface area contributed by atoms with Crippen molar-refractivity contribution in [2.45, 2.75) is 0 Å². The third-order valence-corrected chi connectivity index (χ3v) is 10.2. The SMILES string of the molecule is c1ccc(-c2cccc(-c3ccccc3)c2-c2c3ccccc3c(-c3ccc4sc5ccccc5c4c3)c3ccccc23)cc1. The molecule has 0 aliphatic heterocycles. The van der Waals surface area contributed by atoms with Crippen molar-refractivity contribution in [3.05, 3.63) is 170 Å². The van der Waals surface area contributed by atoms with E-state index in [0.29, 0.717) is 0 Å². The maximum atomic E-state index is 2.41. The fourth-order valence-electron chi connectivity index (χ4n) is 7.13. The molecule has 0 nitrogen and oxygen atoms in total. The largest absolute Gasteiger partial charge is 0.135 e. The van der Waals surface area contributed by atoms with Gasteiger partial charge >= 0.3 is 0 Å². The number of hydrogen-bond acceptors (Lipinski definition) is 1. The molecule has 0 aliphatic carbocycles. The Hall–Kier alpha value is -5.50. The van der Waals surface area contributed by atoms with Gasteiger partial charge in [0, 0.05) is 20.2 Å². The first-order chi connectivity index (χ1) is 22.3. The van der Waals surface area contributed by atoms with Crippen molar-refractivity contribution < 1.29 is 0 Å². The van der Waals surface area contributed by atoms with Gasteiger partial charge in [0.2, 0.25) is 0 Å². The summed E-state index contributed by atoms with van der Waals surface area (Å²) in [6.07, 6.45) is 0. The molecular weight excluding hydrogens is 561 g/mol. The normalized spacial score (nSPS) is 11.6. The highest BCUT2D eigenvalue weighted by atomic mass is 32.1. The summed E-state index contributed by atoms with van der Waals surface area (Å²) < 4.78 is 2.66. The monoisotopic (exact) mass is 588 g/mol. The van der Waals surface area contributed by atoms with Crippen LogP contribution in [0.25, 0.3) is 86.2 Å². The summed E-state index contributed by atoms with van der Waals surface area (Å²) >= 11 is 1.87. The van der Waals surface area contributed by atoms with Crippen molar-refractivity contribution in [1.29, 1.82) is 0 Å². The Labute approximate surface area is 266 Å². The maximum absolute atomic E-state index is 2.41. The smallest absolute Gasteiger partial charge is 0.0355 e. The van der Waals surface area contributed by atoms with Crippen LogP contribution in [-0.2, 0) is 0 Å². The van der Waals surface area contributed by atoms with Crippen LogP contribution in [0.4, 0.5) is 0 Å². The molecule has 45 heavy (non-hydrogen) atoms. The number of thiophene rings is 1. The average Bonchev–Trinajstić information content (AvgIpc) is 3.49. The minimum absolute atomic E-state index is 1.22. The molecule has 0 amide bonds. The third kappa shape index (κ3) is 4.20. The molecule has 1 heteroatoms. The highest BCUT2D eigenvalue weighted by Gasteiger charge is 2.22. The Bertz CT molecular complexity index is 2410. The van der Waals surface area contributed by atoms with Crippen molar-refractivity contribution in [3.63, 3.8) is 0 Å². The van der Waals surface area contributed by atoms with Gasteiger partial charge in [-0.25, -0.2) is 0 Å². The summed E-state index contributed by atoms with van der Waals surface area (Å²) in [7, 11) is 0. The summed E-state index contributed by atoms with van der Waals surface area (Å²) in [5.74, 6) is 0. The van der Waals surface area contributed by atoms with Crippen molar-refractivity contribution in [3.8, 4) is 44.5 Å². The van der Waals surface area contributed by atoms with Gasteiger partial charge in [0.1, 0.15) is 0 Å². The average molecular weight is 589 g/mol. The summed E-state index contributed by atoms with van der Waals surface area (Å²) in [5.41, 5.74) is 10.0. The van der Waals surface area contributed by atoms with E-state index < -0.39 is 0 Å². The lowest BCUT2D eigenvalue weighted by Crippen LogP contribution is -1.95. The molecule has 9 aromatic rings. The van der Waals surface area contributed by atoms with Crippen LogP contribution in [0.1, 0.15) is 0 Å². The zero-order valence-corrected chi connectivity index (χ0v) is 25.4. The van der Waals surface area contributed by atoms with E-state index in [1.54, 1.807) is 0 Å². The molecule has 1 heterocycles. The molecule has 9 rings (SSSR count). The van der Waals surface area contributed by atoms with Gasteiger partial charge in [-0.1, -0.05) is 152 Å². The highest BCUT2D eigenvalue weighted by Crippen LogP contribution is 2.49. The van der Waals surface area contributed by atoms with Gasteiger partial charge < -0.3 is 0 Å². The van der Waals surface area contributed by atoms with Gasteiger partial charge in [0.05, 0.1) is 0 Å². The van der Waals surface area contributed by atoms with E-state index in [1.165, 1.54) is 86.2 Å². The molecule has 1 aromatic heterocycles. The second kappa shape index (κ2) is 10.6. The molecule has 0 spiro atoms. The Morgan fingerprint density at radius 1 is 0.267 bits per heavy atom. The van der Waals surface area contributed by atoms with E-state index in [2.05, 4.69) is 170 Å². The lowest BCUT2D eigenvalue weighted by atomic mass is 9.81. The number of rotatable bonds is 4. The molecule has 0 fully saturated rings. The van der Waals surface area contributed by atoms with Gasteiger partial charge in [-0.15, -0.1) is 11.3 Å². The highest BCUT2D eigenvalue weighted by molar-refractivity contribution is 7.25. The van der Waals surface area contributed by atoms with Gasteiger partial charge in [0.15, 0.2) is 0 Å². The van der Waals surface area contributed by atoms with E-state index in [4.69, 9.17) is 0 Å². The van der Waals surface area contributed by atoms with Crippen LogP contribution in [0.15, 0.2) is 170 Å². The Kier molecular flexibility index (Phi) is 6.11. The molecule has 0 N–H and O–H groups in total. The first kappa shape index (κ1) is 25.9. The predicted octanol–water partition coefficient (Wildman–Crippen LogP) is 13.0. The van der Waals surface area contributed by atoms with Crippen molar-refractivity contribution in [1.82, 2.24) is 0 Å². The molecule has 0 bridgehead atoms. The van der Waals surface area contributed by atoms with Crippen LogP contribution in [0.2, 0.25) is 0 Å². The minimum Gasteiger partial charge on any atom is -0.135 e. The number of hydrogen-bond donors (Lipinski definition) is 0. The quantitative estimate of drug-likeness (QED) is 0.179. The predicted molar refractivity (Wildman–Crippen MR) is 196 cm³/mol. The van der Waals surface area contributed by atoms with Gasteiger partial charge in [0.25, 0.3) is 0 Å². The fraction of sp³-hybridized carbons (Fsp3) is 0. The minimum atomic E-state index is 1.22. The zero-order valence-electron chi connectivity index (χ0n) is 24.6. The summed E-state index contributed by atoms with van der Waals surface area (Å²) in [5, 5.41) is 7.72. The van der Waals surface area contributed by atoms with Crippen LogP contribution in [0.5, 0.6) is 0 Å². The van der Waals surface area contributed by atoms with E-state index in [-0.39, 0.29) is 0 Å². The molecular formula is C44H28S. The van der Waals surface area contributed by atoms with Crippen molar-refractivity contribution >= 4 is 53.1 Å². The molecule has 0 aliphatic rings. The van der Waals surface area contributed by atoms with Crippen molar-refractivity contribution in [2.75, 3.05) is 0 Å². The Morgan fingerprint density at radius 3 is 1.31 bits per heavy atom. The fourth-order valence-corrected chi connectivity index (χ4v) is 8.21. The molecule has 0 atom stereocenters. The Balaban J connectivity index is 1.42. The Morgan fingerprint density at radius 2 is 0.733 bits per heavy atom. The lowest BCUT2D eigenvalue weighted by Gasteiger charge is -2.22. The number of fused-ring (bicyclic) bond motifs is 5. The van der Waals surface area contributed by atoms with Crippen LogP contribution in [-0.4, -0.2) is 0 Å².